The highest BCUT2D eigenvalue weighted by atomic mass is 16.6. The summed E-state index contributed by atoms with van der Waals surface area (Å²) in [6, 6.07) is 2.66. The van der Waals surface area contributed by atoms with E-state index >= 15 is 0 Å². The summed E-state index contributed by atoms with van der Waals surface area (Å²) in [6.45, 7) is 0. The summed E-state index contributed by atoms with van der Waals surface area (Å²) >= 11 is 0. The SMILES string of the molecule is CNc1nc(NC)nc(N/N=C/c2ccc([N+](=O)[O-])o2)n1. The van der Waals surface area contributed by atoms with Crippen molar-refractivity contribution in [3.05, 3.63) is 28.0 Å². The molecule has 110 valence electrons. The summed E-state index contributed by atoms with van der Waals surface area (Å²) in [5.41, 5.74) is 2.58. The maximum atomic E-state index is 10.5. The van der Waals surface area contributed by atoms with Crippen molar-refractivity contribution in [3.8, 4) is 0 Å². The molecule has 11 heteroatoms. The van der Waals surface area contributed by atoms with Gasteiger partial charge in [0, 0.05) is 14.1 Å². The van der Waals surface area contributed by atoms with Crippen LogP contribution in [-0.4, -0.2) is 40.2 Å². The second-order valence-electron chi connectivity index (χ2n) is 3.61. The monoisotopic (exact) mass is 292 g/mol. The Morgan fingerprint density at radius 2 is 1.81 bits per heavy atom. The van der Waals surface area contributed by atoms with E-state index in [2.05, 4.69) is 36.1 Å². The first kappa shape index (κ1) is 14.2. The van der Waals surface area contributed by atoms with Crippen LogP contribution in [-0.2, 0) is 0 Å². The molecule has 0 amide bonds. The molecule has 0 atom stereocenters. The molecule has 21 heavy (non-hydrogen) atoms. The Balaban J connectivity index is 2.07. The van der Waals surface area contributed by atoms with Crippen molar-refractivity contribution >= 4 is 29.9 Å². The lowest BCUT2D eigenvalue weighted by Crippen LogP contribution is -2.06. The molecule has 2 aromatic rings. The molecule has 0 saturated heterocycles. The van der Waals surface area contributed by atoms with Gasteiger partial charge in [-0.05, 0) is 6.07 Å². The fraction of sp³-hybridized carbons (Fsp3) is 0.200. The van der Waals surface area contributed by atoms with Gasteiger partial charge < -0.3 is 15.1 Å². The lowest BCUT2D eigenvalue weighted by molar-refractivity contribution is -0.402. The van der Waals surface area contributed by atoms with E-state index < -0.39 is 4.92 Å². The van der Waals surface area contributed by atoms with Crippen LogP contribution in [0.25, 0.3) is 0 Å². The molecule has 0 fully saturated rings. The molecule has 0 radical (unpaired) electrons. The van der Waals surface area contributed by atoms with Crippen molar-refractivity contribution in [2.45, 2.75) is 0 Å². The van der Waals surface area contributed by atoms with E-state index in [1.54, 1.807) is 14.1 Å². The Bertz CT molecular complexity index is 646. The Kier molecular flexibility index (Phi) is 4.23. The van der Waals surface area contributed by atoms with Crippen molar-refractivity contribution in [2.75, 3.05) is 30.2 Å². The van der Waals surface area contributed by atoms with Gasteiger partial charge in [-0.2, -0.15) is 20.1 Å². The molecule has 2 heterocycles. The van der Waals surface area contributed by atoms with Crippen molar-refractivity contribution < 1.29 is 9.34 Å². The number of furan rings is 1. The molecule has 11 nitrogen and oxygen atoms in total. The quantitative estimate of drug-likeness (QED) is 0.401. The van der Waals surface area contributed by atoms with Crippen LogP contribution in [0.5, 0.6) is 0 Å². The zero-order valence-electron chi connectivity index (χ0n) is 11.2. The summed E-state index contributed by atoms with van der Waals surface area (Å²) in [4.78, 5) is 21.9. The van der Waals surface area contributed by atoms with Gasteiger partial charge in [0.15, 0.2) is 5.76 Å². The lowest BCUT2D eigenvalue weighted by Gasteiger charge is -2.04. The number of hydrogen-bond donors (Lipinski definition) is 3. The van der Waals surface area contributed by atoms with Crippen molar-refractivity contribution in [1.82, 2.24) is 15.0 Å². The minimum absolute atomic E-state index is 0.205. The summed E-state index contributed by atoms with van der Waals surface area (Å²) in [5, 5.41) is 19.9. The molecular formula is C10H12N8O3. The molecule has 0 aliphatic heterocycles. The topological polar surface area (TPSA) is 143 Å². The third-order valence-corrected chi connectivity index (χ3v) is 2.23. The van der Waals surface area contributed by atoms with Gasteiger partial charge in [-0.3, -0.25) is 10.1 Å². The zero-order valence-corrected chi connectivity index (χ0v) is 11.2. The van der Waals surface area contributed by atoms with E-state index in [4.69, 9.17) is 4.42 Å². The van der Waals surface area contributed by atoms with Crippen molar-refractivity contribution in [1.29, 1.82) is 0 Å². The molecular weight excluding hydrogens is 280 g/mol. The molecule has 0 aromatic carbocycles. The highest BCUT2D eigenvalue weighted by molar-refractivity contribution is 5.76. The Labute approximate surface area is 118 Å². The second kappa shape index (κ2) is 6.27. The van der Waals surface area contributed by atoms with Gasteiger partial charge >= 0.3 is 5.88 Å². The number of hydrazone groups is 1. The number of nitrogens with zero attached hydrogens (tertiary/aromatic N) is 5. The maximum Gasteiger partial charge on any atom is 0.433 e. The number of nitrogens with one attached hydrogen (secondary N) is 3. The van der Waals surface area contributed by atoms with Crippen LogP contribution in [0.1, 0.15) is 5.76 Å². The molecule has 0 unspecified atom stereocenters. The van der Waals surface area contributed by atoms with E-state index in [0.717, 1.165) is 0 Å². The largest absolute Gasteiger partial charge is 0.433 e. The van der Waals surface area contributed by atoms with E-state index in [1.807, 2.05) is 0 Å². The van der Waals surface area contributed by atoms with Crippen LogP contribution in [0, 0.1) is 10.1 Å². The molecule has 0 bridgehead atoms. The van der Waals surface area contributed by atoms with Crippen LogP contribution >= 0.6 is 0 Å². The van der Waals surface area contributed by atoms with Crippen molar-refractivity contribution in [2.24, 2.45) is 5.10 Å². The fourth-order valence-electron chi connectivity index (χ4n) is 1.31. The predicted octanol–water partition coefficient (Wildman–Crippen LogP) is 0.902. The van der Waals surface area contributed by atoms with Crippen LogP contribution in [0.2, 0.25) is 0 Å². The third-order valence-electron chi connectivity index (χ3n) is 2.23. The zero-order chi connectivity index (χ0) is 15.2. The van der Waals surface area contributed by atoms with E-state index in [-0.39, 0.29) is 17.6 Å². The highest BCUT2D eigenvalue weighted by Crippen LogP contribution is 2.14. The Morgan fingerprint density at radius 3 is 2.33 bits per heavy atom. The van der Waals surface area contributed by atoms with Crippen LogP contribution in [0.4, 0.5) is 23.7 Å². The van der Waals surface area contributed by atoms with Crippen LogP contribution < -0.4 is 16.1 Å². The standard InChI is InChI=1S/C10H12N8O3/c1-11-8-14-9(12-2)16-10(15-8)17-13-5-6-3-4-7(21-6)18(19)20/h3-5H,1-2H3,(H3,11,12,14,15,16,17)/b13-5+. The second-order valence-corrected chi connectivity index (χ2v) is 3.61. The fourth-order valence-corrected chi connectivity index (χ4v) is 1.31. The van der Waals surface area contributed by atoms with E-state index in [0.29, 0.717) is 11.9 Å². The summed E-state index contributed by atoms with van der Waals surface area (Å²) in [7, 11) is 3.34. The first-order chi connectivity index (χ1) is 10.1. The van der Waals surface area contributed by atoms with Gasteiger partial charge in [0.25, 0.3) is 0 Å². The average Bonchev–Trinajstić information content (AvgIpc) is 2.96. The van der Waals surface area contributed by atoms with Crippen LogP contribution in [0.15, 0.2) is 21.7 Å². The number of anilines is 3. The summed E-state index contributed by atoms with van der Waals surface area (Å²) < 4.78 is 4.91. The van der Waals surface area contributed by atoms with Gasteiger partial charge in [-0.1, -0.05) is 0 Å². The number of rotatable bonds is 6. The van der Waals surface area contributed by atoms with Crippen LogP contribution in [0.3, 0.4) is 0 Å². The number of aromatic nitrogens is 3. The molecule has 0 saturated carbocycles. The molecule has 0 spiro atoms. The minimum atomic E-state index is -0.630. The number of hydrogen-bond acceptors (Lipinski definition) is 10. The van der Waals surface area contributed by atoms with Gasteiger partial charge in [-0.25, -0.2) is 5.43 Å². The molecule has 0 aliphatic carbocycles. The lowest BCUT2D eigenvalue weighted by atomic mass is 10.5. The van der Waals surface area contributed by atoms with Gasteiger partial charge in [0.2, 0.25) is 17.8 Å². The van der Waals surface area contributed by atoms with E-state index in [1.165, 1.54) is 18.3 Å². The van der Waals surface area contributed by atoms with Gasteiger partial charge in [0.1, 0.15) is 4.92 Å². The smallest absolute Gasteiger partial charge is 0.400 e. The summed E-state index contributed by atoms with van der Waals surface area (Å²) in [5.74, 6) is 0.801. The molecule has 3 N–H and O–H groups in total. The van der Waals surface area contributed by atoms with Gasteiger partial charge in [0.05, 0.1) is 12.3 Å². The molecule has 2 rings (SSSR count). The summed E-state index contributed by atoms with van der Waals surface area (Å²) in [6.07, 6.45) is 1.27. The Hall–Kier alpha value is -3.24. The maximum absolute atomic E-state index is 10.5. The Morgan fingerprint density at radius 1 is 1.19 bits per heavy atom. The van der Waals surface area contributed by atoms with Crippen molar-refractivity contribution in [3.63, 3.8) is 0 Å². The average molecular weight is 292 g/mol. The van der Waals surface area contributed by atoms with E-state index in [9.17, 15) is 10.1 Å². The third kappa shape index (κ3) is 3.62. The molecule has 2 aromatic heterocycles. The predicted molar refractivity (Wildman–Crippen MR) is 75.5 cm³/mol. The number of nitro groups is 1. The minimum Gasteiger partial charge on any atom is -0.400 e. The molecule has 0 aliphatic rings. The first-order valence-electron chi connectivity index (χ1n) is 5.77. The first-order valence-corrected chi connectivity index (χ1v) is 5.77. The normalized spacial score (nSPS) is 10.6. The highest BCUT2D eigenvalue weighted by Gasteiger charge is 2.10. The van der Waals surface area contributed by atoms with Gasteiger partial charge in [-0.15, -0.1) is 0 Å².